The minimum atomic E-state index is 0.408. The molecule has 1 unspecified atom stereocenters. The Hall–Kier alpha value is -1.66. The van der Waals surface area contributed by atoms with Crippen molar-refractivity contribution in [3.63, 3.8) is 0 Å². The molecule has 0 bridgehead atoms. The summed E-state index contributed by atoms with van der Waals surface area (Å²) in [4.78, 5) is 5.69. The predicted molar refractivity (Wildman–Crippen MR) is 83.5 cm³/mol. The third-order valence-corrected chi connectivity index (χ3v) is 5.21. The molecule has 0 fully saturated rings. The molecule has 0 radical (unpaired) electrons. The van der Waals surface area contributed by atoms with Crippen molar-refractivity contribution in [1.29, 1.82) is 0 Å². The van der Waals surface area contributed by atoms with Crippen LogP contribution in [0.2, 0.25) is 0 Å². The van der Waals surface area contributed by atoms with Gasteiger partial charge in [-0.2, -0.15) is 5.10 Å². The Morgan fingerprint density at radius 2 is 2.38 bits per heavy atom. The van der Waals surface area contributed by atoms with Crippen LogP contribution in [0.5, 0.6) is 0 Å². The van der Waals surface area contributed by atoms with Crippen LogP contribution in [0, 0.1) is 6.92 Å². The molecule has 1 aliphatic rings. The summed E-state index contributed by atoms with van der Waals surface area (Å²) in [6, 6.07) is 0.408. The van der Waals surface area contributed by atoms with Gasteiger partial charge in [-0.25, -0.2) is 4.98 Å². The molecule has 0 spiro atoms. The molecule has 4 rings (SSSR count). The van der Waals surface area contributed by atoms with Crippen LogP contribution in [0.1, 0.15) is 41.5 Å². The Labute approximate surface area is 127 Å². The summed E-state index contributed by atoms with van der Waals surface area (Å²) in [7, 11) is 2.04. The summed E-state index contributed by atoms with van der Waals surface area (Å²) in [6.07, 6.45) is 7.68. The van der Waals surface area contributed by atoms with Gasteiger partial charge in [0.1, 0.15) is 0 Å². The first-order valence-corrected chi connectivity index (χ1v) is 8.27. The minimum absolute atomic E-state index is 0.408. The summed E-state index contributed by atoms with van der Waals surface area (Å²) in [6.45, 7) is 2.94. The van der Waals surface area contributed by atoms with Crippen molar-refractivity contribution in [2.45, 2.75) is 38.8 Å². The number of aromatic nitrogens is 4. The Morgan fingerprint density at radius 1 is 1.48 bits per heavy atom. The van der Waals surface area contributed by atoms with E-state index < -0.39 is 0 Å². The topological polar surface area (TPSA) is 47.1 Å². The van der Waals surface area contributed by atoms with Gasteiger partial charge in [-0.15, -0.1) is 11.3 Å². The van der Waals surface area contributed by atoms with Crippen LogP contribution in [0.3, 0.4) is 0 Å². The molecule has 110 valence electrons. The molecule has 0 amide bonds. The van der Waals surface area contributed by atoms with E-state index in [1.807, 2.05) is 17.9 Å². The monoisotopic (exact) mass is 301 g/mol. The fourth-order valence-electron chi connectivity index (χ4n) is 3.29. The van der Waals surface area contributed by atoms with Crippen molar-refractivity contribution < 1.29 is 0 Å². The third-order valence-electron chi connectivity index (χ3n) is 4.45. The highest BCUT2D eigenvalue weighted by atomic mass is 32.1. The van der Waals surface area contributed by atoms with E-state index in [9.17, 15) is 0 Å². The number of nitrogens with zero attached hydrogens (tertiary/aromatic N) is 4. The fraction of sp³-hybridized carbons (Fsp3) is 0.467. The molecule has 0 aromatic carbocycles. The summed E-state index contributed by atoms with van der Waals surface area (Å²) in [5, 5.41) is 10.2. The van der Waals surface area contributed by atoms with Gasteiger partial charge in [-0.05, 0) is 26.2 Å². The standard InChI is InChI=1S/C15H19N5S/c1-10-14(20-6-7-21-15(20)18-10)9-16-12-4-3-5-13-11(12)8-17-19(13)2/h6-8,12,16H,3-5,9H2,1-2H3. The molecule has 0 saturated heterocycles. The van der Waals surface area contributed by atoms with Crippen LogP contribution in [-0.2, 0) is 20.0 Å². The predicted octanol–water partition coefficient (Wildman–Crippen LogP) is 2.60. The first kappa shape index (κ1) is 13.0. The molecular weight excluding hydrogens is 282 g/mol. The molecular formula is C15H19N5S. The largest absolute Gasteiger partial charge is 0.304 e. The zero-order chi connectivity index (χ0) is 14.4. The first-order chi connectivity index (χ1) is 10.2. The van der Waals surface area contributed by atoms with Crippen molar-refractivity contribution in [3.8, 4) is 0 Å². The van der Waals surface area contributed by atoms with Crippen LogP contribution in [0.4, 0.5) is 0 Å². The molecule has 3 aromatic heterocycles. The van der Waals surface area contributed by atoms with Gasteiger partial charge in [0.2, 0.25) is 0 Å². The summed E-state index contributed by atoms with van der Waals surface area (Å²) in [5.41, 5.74) is 5.13. The van der Waals surface area contributed by atoms with Gasteiger partial charge < -0.3 is 5.32 Å². The van der Waals surface area contributed by atoms with Crippen molar-refractivity contribution in [1.82, 2.24) is 24.5 Å². The average Bonchev–Trinajstić information content (AvgIpc) is 3.14. The number of hydrogen-bond acceptors (Lipinski definition) is 4. The lowest BCUT2D eigenvalue weighted by Crippen LogP contribution is -2.25. The second-order valence-electron chi connectivity index (χ2n) is 5.70. The highest BCUT2D eigenvalue weighted by Gasteiger charge is 2.23. The number of fused-ring (bicyclic) bond motifs is 2. The maximum Gasteiger partial charge on any atom is 0.194 e. The van der Waals surface area contributed by atoms with Gasteiger partial charge in [0.15, 0.2) is 4.96 Å². The van der Waals surface area contributed by atoms with E-state index >= 15 is 0 Å². The van der Waals surface area contributed by atoms with Crippen LogP contribution in [-0.4, -0.2) is 19.2 Å². The molecule has 5 nitrogen and oxygen atoms in total. The summed E-state index contributed by atoms with van der Waals surface area (Å²) >= 11 is 1.69. The number of thiazole rings is 1. The van der Waals surface area contributed by atoms with Crippen LogP contribution >= 0.6 is 11.3 Å². The maximum atomic E-state index is 4.61. The Balaban J connectivity index is 1.58. The van der Waals surface area contributed by atoms with E-state index in [0.717, 1.165) is 23.6 Å². The van der Waals surface area contributed by atoms with Crippen molar-refractivity contribution in [2.75, 3.05) is 0 Å². The minimum Gasteiger partial charge on any atom is -0.304 e. The number of rotatable bonds is 3. The van der Waals surface area contributed by atoms with E-state index in [4.69, 9.17) is 0 Å². The Morgan fingerprint density at radius 3 is 3.29 bits per heavy atom. The molecule has 0 aliphatic heterocycles. The Kier molecular flexibility index (Phi) is 3.08. The highest BCUT2D eigenvalue weighted by Crippen LogP contribution is 2.29. The first-order valence-electron chi connectivity index (χ1n) is 7.39. The third kappa shape index (κ3) is 2.10. The molecule has 1 atom stereocenters. The van der Waals surface area contributed by atoms with Crippen LogP contribution in [0.25, 0.3) is 4.96 Å². The normalized spacial score (nSPS) is 18.3. The molecule has 21 heavy (non-hydrogen) atoms. The molecule has 1 N–H and O–H groups in total. The second kappa shape index (κ2) is 4.96. The van der Waals surface area contributed by atoms with E-state index in [0.29, 0.717) is 6.04 Å². The van der Waals surface area contributed by atoms with E-state index in [2.05, 4.69) is 38.3 Å². The van der Waals surface area contributed by atoms with Crippen LogP contribution in [0.15, 0.2) is 17.8 Å². The smallest absolute Gasteiger partial charge is 0.194 e. The van der Waals surface area contributed by atoms with Gasteiger partial charge in [-0.3, -0.25) is 9.08 Å². The van der Waals surface area contributed by atoms with Crippen molar-refractivity contribution in [3.05, 3.63) is 40.4 Å². The summed E-state index contributed by atoms with van der Waals surface area (Å²) in [5.74, 6) is 0. The quantitative estimate of drug-likeness (QED) is 0.809. The molecule has 3 heterocycles. The van der Waals surface area contributed by atoms with Gasteiger partial charge in [0.25, 0.3) is 0 Å². The van der Waals surface area contributed by atoms with Crippen molar-refractivity contribution in [2.24, 2.45) is 7.05 Å². The molecule has 1 aliphatic carbocycles. The van der Waals surface area contributed by atoms with Crippen LogP contribution < -0.4 is 5.32 Å². The lowest BCUT2D eigenvalue weighted by atomic mass is 9.93. The van der Waals surface area contributed by atoms with Gasteiger partial charge in [0, 0.05) is 42.5 Å². The van der Waals surface area contributed by atoms with Crippen molar-refractivity contribution >= 4 is 16.3 Å². The number of aryl methyl sites for hydroxylation is 2. The van der Waals surface area contributed by atoms with Gasteiger partial charge >= 0.3 is 0 Å². The zero-order valence-electron chi connectivity index (χ0n) is 12.3. The maximum absolute atomic E-state index is 4.61. The summed E-state index contributed by atoms with van der Waals surface area (Å²) < 4.78 is 4.21. The fourth-order valence-corrected chi connectivity index (χ4v) is 4.07. The second-order valence-corrected chi connectivity index (χ2v) is 6.57. The molecule has 3 aromatic rings. The SMILES string of the molecule is Cc1nc2sccn2c1CNC1CCCc2c1cnn2C. The lowest BCUT2D eigenvalue weighted by molar-refractivity contribution is 0.448. The van der Waals surface area contributed by atoms with E-state index in [1.165, 1.54) is 29.8 Å². The number of nitrogens with one attached hydrogen (secondary N) is 1. The highest BCUT2D eigenvalue weighted by molar-refractivity contribution is 7.15. The van der Waals surface area contributed by atoms with E-state index in [-0.39, 0.29) is 0 Å². The molecule has 0 saturated carbocycles. The molecule has 6 heteroatoms. The van der Waals surface area contributed by atoms with E-state index in [1.54, 1.807) is 11.3 Å². The van der Waals surface area contributed by atoms with Gasteiger partial charge in [-0.1, -0.05) is 0 Å². The zero-order valence-corrected chi connectivity index (χ0v) is 13.2. The average molecular weight is 301 g/mol. The Bertz CT molecular complexity index is 781. The number of imidazole rings is 1. The van der Waals surface area contributed by atoms with Gasteiger partial charge in [0.05, 0.1) is 17.6 Å². The lowest BCUT2D eigenvalue weighted by Gasteiger charge is -2.24. The number of hydrogen-bond donors (Lipinski definition) is 1.